The van der Waals surface area contributed by atoms with Crippen molar-refractivity contribution < 1.29 is 23.5 Å². The van der Waals surface area contributed by atoms with Crippen LogP contribution in [0.5, 0.6) is 0 Å². The molecule has 2 amide bonds. The first-order chi connectivity index (χ1) is 18.0. The zero-order chi connectivity index (χ0) is 27.4. The first kappa shape index (κ1) is 27.1. The summed E-state index contributed by atoms with van der Waals surface area (Å²) in [5.41, 5.74) is 1.40. The lowest BCUT2D eigenvalue weighted by molar-refractivity contribution is -0.150. The van der Waals surface area contributed by atoms with E-state index in [1.54, 1.807) is 47.2 Å². The van der Waals surface area contributed by atoms with E-state index in [0.29, 0.717) is 29.2 Å². The van der Waals surface area contributed by atoms with Crippen LogP contribution in [0.2, 0.25) is 23.7 Å². The number of nitrogens with zero attached hydrogens (tertiary/aromatic N) is 2. The molecule has 6 nitrogen and oxygen atoms in total. The summed E-state index contributed by atoms with van der Waals surface area (Å²) in [4.78, 5) is 31.1. The van der Waals surface area contributed by atoms with Crippen molar-refractivity contribution in [2.24, 2.45) is 5.92 Å². The van der Waals surface area contributed by atoms with Crippen molar-refractivity contribution in [3.63, 3.8) is 0 Å². The molecule has 9 heteroatoms. The van der Waals surface area contributed by atoms with Crippen LogP contribution in [0.4, 0.5) is 9.80 Å². The second-order valence-electron chi connectivity index (χ2n) is 11.2. The third-order valence-electron chi connectivity index (χ3n) is 8.50. The molecule has 2 aromatic carbocycles. The van der Waals surface area contributed by atoms with E-state index in [-0.39, 0.29) is 37.4 Å². The Morgan fingerprint density at radius 2 is 2.00 bits per heavy atom. The van der Waals surface area contributed by atoms with Crippen LogP contribution < -0.4 is 4.90 Å². The van der Waals surface area contributed by atoms with Gasteiger partial charge in [0.2, 0.25) is 14.3 Å². The number of aliphatic hydroxyl groups excluding tert-OH is 1. The molecule has 38 heavy (non-hydrogen) atoms. The lowest BCUT2D eigenvalue weighted by atomic mass is 9.82. The SMILES string of the molecule is C=CCN1C(=O)[C@@]2(O[C@@H](CC(=O)N3Cc4ccccc4C[C@H]3CO)[C@H]([Si](C)(C)F)[C@H]2C)c2cc(Cl)ccc21. The predicted octanol–water partition coefficient (Wildman–Crippen LogP) is 4.98. The number of fused-ring (bicyclic) bond motifs is 3. The van der Waals surface area contributed by atoms with E-state index in [2.05, 4.69) is 6.58 Å². The number of aliphatic hydroxyl groups is 1. The lowest BCUT2D eigenvalue weighted by Gasteiger charge is -2.37. The van der Waals surface area contributed by atoms with Gasteiger partial charge in [0.15, 0.2) is 5.60 Å². The van der Waals surface area contributed by atoms with Gasteiger partial charge in [-0.05, 0) is 48.8 Å². The third kappa shape index (κ3) is 4.22. The molecule has 0 aliphatic carbocycles. The summed E-state index contributed by atoms with van der Waals surface area (Å²) in [7, 11) is -3.42. The maximum Gasteiger partial charge on any atom is 0.264 e. The van der Waals surface area contributed by atoms with Crippen LogP contribution in [0.15, 0.2) is 55.1 Å². The Kier molecular flexibility index (Phi) is 7.05. The molecule has 1 N–H and O–H groups in total. The van der Waals surface area contributed by atoms with Crippen molar-refractivity contribution in [1.82, 2.24) is 4.90 Å². The van der Waals surface area contributed by atoms with Crippen molar-refractivity contribution in [1.29, 1.82) is 0 Å². The predicted molar refractivity (Wildman–Crippen MR) is 148 cm³/mol. The third-order valence-corrected chi connectivity index (χ3v) is 11.2. The highest BCUT2D eigenvalue weighted by Crippen LogP contribution is 2.60. The average Bonchev–Trinajstić information content (AvgIpc) is 3.29. The second kappa shape index (κ2) is 9.90. The summed E-state index contributed by atoms with van der Waals surface area (Å²) in [5, 5.41) is 10.5. The van der Waals surface area contributed by atoms with Crippen LogP contribution in [-0.2, 0) is 32.9 Å². The molecule has 5 atom stereocenters. The molecule has 0 saturated carbocycles. The van der Waals surface area contributed by atoms with Gasteiger partial charge in [-0.3, -0.25) is 9.59 Å². The molecule has 3 aliphatic heterocycles. The lowest BCUT2D eigenvalue weighted by Crippen LogP contribution is -2.48. The number of carbonyl (C=O) groups is 2. The highest BCUT2D eigenvalue weighted by Gasteiger charge is 2.67. The Hall–Kier alpha value is -2.52. The average molecular weight is 557 g/mol. The maximum atomic E-state index is 16.0. The van der Waals surface area contributed by atoms with E-state index in [4.69, 9.17) is 16.3 Å². The van der Waals surface area contributed by atoms with E-state index in [1.807, 2.05) is 31.2 Å². The summed E-state index contributed by atoms with van der Waals surface area (Å²) >= 11 is 6.37. The zero-order valence-corrected chi connectivity index (χ0v) is 23.7. The van der Waals surface area contributed by atoms with Gasteiger partial charge in [0, 0.05) is 35.1 Å². The Balaban J connectivity index is 1.51. The van der Waals surface area contributed by atoms with E-state index in [9.17, 15) is 14.7 Å². The highest BCUT2D eigenvalue weighted by molar-refractivity contribution is 6.72. The smallest absolute Gasteiger partial charge is 0.264 e. The van der Waals surface area contributed by atoms with Crippen LogP contribution in [0.3, 0.4) is 0 Å². The molecule has 0 bridgehead atoms. The number of hydrogen-bond acceptors (Lipinski definition) is 4. The summed E-state index contributed by atoms with van der Waals surface area (Å²) in [6, 6.07) is 12.8. The molecule has 5 rings (SSSR count). The molecule has 3 heterocycles. The van der Waals surface area contributed by atoms with Crippen molar-refractivity contribution in [2.75, 3.05) is 18.1 Å². The van der Waals surface area contributed by atoms with Crippen LogP contribution in [0.25, 0.3) is 0 Å². The van der Waals surface area contributed by atoms with Crippen LogP contribution in [-0.4, -0.2) is 55.5 Å². The van der Waals surface area contributed by atoms with E-state index in [1.165, 1.54) is 0 Å². The molecule has 1 saturated heterocycles. The van der Waals surface area contributed by atoms with Gasteiger partial charge in [0.25, 0.3) is 5.91 Å². The minimum atomic E-state index is -3.42. The Bertz CT molecular complexity index is 1280. The van der Waals surface area contributed by atoms with Crippen LogP contribution >= 0.6 is 11.6 Å². The molecule has 0 unspecified atom stereocenters. The number of benzene rings is 2. The van der Waals surface area contributed by atoms with E-state index in [0.717, 1.165) is 11.1 Å². The van der Waals surface area contributed by atoms with E-state index >= 15 is 4.11 Å². The number of hydrogen-bond donors (Lipinski definition) is 1. The standard InChI is InChI=1S/C29H34ClFN2O4Si/c1-5-12-32-24-11-10-21(30)14-23(24)29(28(32)36)18(2)27(38(3,4)31)25(37-29)15-26(35)33-16-20-9-7-6-8-19(20)13-22(33)17-34/h5-11,14,18,22,25,27,34H,1,12-13,15-17H2,2-4H3/t18-,22+,25+,27-,29+/m1/s1. The number of carbonyl (C=O) groups excluding carboxylic acids is 2. The van der Waals surface area contributed by atoms with Crippen molar-refractivity contribution in [3.8, 4) is 0 Å². The molecular weight excluding hydrogens is 523 g/mol. The molecule has 202 valence electrons. The topological polar surface area (TPSA) is 70.1 Å². The van der Waals surface area contributed by atoms with Crippen molar-refractivity contribution in [3.05, 3.63) is 76.8 Å². The summed E-state index contributed by atoms with van der Waals surface area (Å²) in [5.74, 6) is -1.00. The zero-order valence-electron chi connectivity index (χ0n) is 22.0. The minimum absolute atomic E-state index is 0.0690. The van der Waals surface area contributed by atoms with Gasteiger partial charge in [-0.25, -0.2) is 0 Å². The molecule has 3 aliphatic rings. The summed E-state index contributed by atoms with van der Waals surface area (Å²) in [6.07, 6.45) is 1.34. The van der Waals surface area contributed by atoms with Crippen molar-refractivity contribution in [2.45, 2.75) is 62.7 Å². The quantitative estimate of drug-likeness (QED) is 0.309. The molecular formula is C29H34ClFN2O4Si. The van der Waals surface area contributed by atoms with Gasteiger partial charge in [-0.2, -0.15) is 0 Å². The maximum absolute atomic E-state index is 16.0. The van der Waals surface area contributed by atoms with Crippen molar-refractivity contribution >= 4 is 37.5 Å². The van der Waals surface area contributed by atoms with Gasteiger partial charge in [-0.1, -0.05) is 48.9 Å². The van der Waals surface area contributed by atoms with Gasteiger partial charge < -0.3 is 23.8 Å². The second-order valence-corrected chi connectivity index (χ2v) is 15.4. The van der Waals surface area contributed by atoms with Gasteiger partial charge in [-0.15, -0.1) is 6.58 Å². The highest BCUT2D eigenvalue weighted by atomic mass is 35.5. The Labute approximate surface area is 229 Å². The monoisotopic (exact) mass is 556 g/mol. The number of ether oxygens (including phenoxy) is 1. The summed E-state index contributed by atoms with van der Waals surface area (Å²) in [6.45, 7) is 9.36. The molecule has 0 aromatic heterocycles. The fraction of sp³-hybridized carbons (Fsp3) is 0.448. The van der Waals surface area contributed by atoms with Gasteiger partial charge in [0.05, 0.1) is 30.9 Å². The number of halogens is 2. The number of rotatable bonds is 6. The summed E-state index contributed by atoms with van der Waals surface area (Å²) < 4.78 is 22.7. The largest absolute Gasteiger partial charge is 0.394 e. The molecule has 0 radical (unpaired) electrons. The van der Waals surface area contributed by atoms with Crippen LogP contribution in [0.1, 0.15) is 30.0 Å². The molecule has 1 spiro atoms. The Morgan fingerprint density at radius 3 is 2.66 bits per heavy atom. The van der Waals surface area contributed by atoms with Gasteiger partial charge >= 0.3 is 0 Å². The fourth-order valence-corrected chi connectivity index (χ4v) is 9.53. The minimum Gasteiger partial charge on any atom is -0.394 e. The van der Waals surface area contributed by atoms with E-state index < -0.39 is 31.6 Å². The van der Waals surface area contributed by atoms with Gasteiger partial charge in [0.1, 0.15) is 0 Å². The number of anilines is 1. The first-order valence-electron chi connectivity index (χ1n) is 13.1. The first-order valence-corrected chi connectivity index (χ1v) is 16.4. The fourth-order valence-electron chi connectivity index (χ4n) is 6.86. The molecule has 1 fully saturated rings. The Morgan fingerprint density at radius 1 is 1.29 bits per heavy atom. The molecule has 2 aromatic rings. The normalized spacial score (nSPS) is 28.5. The number of amides is 2. The van der Waals surface area contributed by atoms with Crippen LogP contribution in [0, 0.1) is 5.92 Å².